The zero-order valence-electron chi connectivity index (χ0n) is 12.8. The second-order valence-electron chi connectivity index (χ2n) is 4.99. The van der Waals surface area contributed by atoms with Gasteiger partial charge in [-0.25, -0.2) is 4.98 Å². The lowest BCUT2D eigenvalue weighted by atomic mass is 10.0. The molecular weight excluding hydrogens is 355 g/mol. The standard InChI is InChI=1S/C13H13FN6O4S/c1-15-9-5-6-16-13(18-9)17-7-3-2-4-8(21)10(7)11-12(22)20(14)25(23,24)19-11/h2-6,11,19,21H,1H3,(H2,15,16,17,18). The molecule has 10 nitrogen and oxygen atoms in total. The second kappa shape index (κ2) is 6.14. The number of halogens is 1. The highest BCUT2D eigenvalue weighted by atomic mass is 32.2. The van der Waals surface area contributed by atoms with Crippen LogP contribution < -0.4 is 15.4 Å². The second-order valence-corrected chi connectivity index (χ2v) is 6.49. The van der Waals surface area contributed by atoms with Gasteiger partial charge in [0, 0.05) is 24.5 Å². The lowest BCUT2D eigenvalue weighted by Gasteiger charge is -2.15. The number of rotatable bonds is 4. The summed E-state index contributed by atoms with van der Waals surface area (Å²) in [5.74, 6) is -1.13. The summed E-state index contributed by atoms with van der Waals surface area (Å²) in [7, 11) is -2.94. The molecule has 0 spiro atoms. The van der Waals surface area contributed by atoms with Crippen molar-refractivity contribution < 1.29 is 22.8 Å². The molecule has 1 amide bonds. The van der Waals surface area contributed by atoms with Gasteiger partial charge in [-0.15, -0.1) is 0 Å². The maximum atomic E-state index is 13.5. The Morgan fingerprint density at radius 3 is 2.76 bits per heavy atom. The molecule has 0 saturated carbocycles. The number of carbonyl (C=O) groups is 1. The van der Waals surface area contributed by atoms with Gasteiger partial charge in [0.25, 0.3) is 5.91 Å². The fourth-order valence-electron chi connectivity index (χ4n) is 2.29. The number of phenols is 1. The van der Waals surface area contributed by atoms with Gasteiger partial charge in [0.2, 0.25) is 5.95 Å². The summed E-state index contributed by atoms with van der Waals surface area (Å²) in [6, 6.07) is 4.17. The Hall–Kier alpha value is -2.99. The maximum absolute atomic E-state index is 13.5. The number of aromatic hydroxyl groups is 1. The third-order valence-electron chi connectivity index (χ3n) is 3.43. The van der Waals surface area contributed by atoms with Crippen LogP contribution in [0.15, 0.2) is 30.5 Å². The molecular formula is C13H13FN6O4S. The number of nitrogens with zero attached hydrogens (tertiary/aromatic N) is 3. The number of phenolic OH excluding ortho intramolecular Hbond substituents is 1. The number of carbonyl (C=O) groups excluding carboxylic acids is 1. The van der Waals surface area contributed by atoms with Crippen molar-refractivity contribution in [2.75, 3.05) is 17.7 Å². The zero-order chi connectivity index (χ0) is 18.2. The summed E-state index contributed by atoms with van der Waals surface area (Å²) in [6.07, 6.45) is 1.47. The van der Waals surface area contributed by atoms with Crippen LogP contribution in [0.4, 0.5) is 21.9 Å². The minimum Gasteiger partial charge on any atom is -0.508 e. The topological polar surface area (TPSA) is 137 Å². The number of hydrogen-bond acceptors (Lipinski definition) is 8. The third-order valence-corrected chi connectivity index (χ3v) is 4.56. The molecule has 1 unspecified atom stereocenters. The highest BCUT2D eigenvalue weighted by Gasteiger charge is 2.46. The molecule has 4 N–H and O–H groups in total. The average molecular weight is 368 g/mol. The molecule has 25 heavy (non-hydrogen) atoms. The Balaban J connectivity index is 2.02. The van der Waals surface area contributed by atoms with Crippen LogP contribution in [-0.2, 0) is 15.0 Å². The van der Waals surface area contributed by atoms with Crippen LogP contribution in [-0.4, -0.2) is 41.0 Å². The smallest absolute Gasteiger partial charge is 0.332 e. The summed E-state index contributed by atoms with van der Waals surface area (Å²) in [6.45, 7) is 0. The number of benzene rings is 1. The highest BCUT2D eigenvalue weighted by Crippen LogP contribution is 2.37. The van der Waals surface area contributed by atoms with E-state index in [0.29, 0.717) is 5.82 Å². The van der Waals surface area contributed by atoms with Crippen molar-refractivity contribution in [3.8, 4) is 5.75 Å². The van der Waals surface area contributed by atoms with E-state index in [4.69, 9.17) is 0 Å². The van der Waals surface area contributed by atoms with Crippen LogP contribution in [0.5, 0.6) is 5.75 Å². The van der Waals surface area contributed by atoms with Crippen molar-refractivity contribution in [1.82, 2.24) is 19.2 Å². The summed E-state index contributed by atoms with van der Waals surface area (Å²) >= 11 is 0. The SMILES string of the molecule is CNc1ccnc(Nc2cccc(O)c2C2NS(=O)(=O)N(F)C2=O)n1. The van der Waals surface area contributed by atoms with E-state index in [1.807, 2.05) is 4.72 Å². The number of nitrogens with one attached hydrogen (secondary N) is 3. The molecule has 1 saturated heterocycles. The van der Waals surface area contributed by atoms with E-state index in [0.717, 1.165) is 0 Å². The summed E-state index contributed by atoms with van der Waals surface area (Å²) < 4.78 is 37.5. The molecule has 1 atom stereocenters. The van der Waals surface area contributed by atoms with E-state index in [9.17, 15) is 22.8 Å². The van der Waals surface area contributed by atoms with Crippen molar-refractivity contribution in [1.29, 1.82) is 0 Å². The van der Waals surface area contributed by atoms with E-state index in [1.54, 1.807) is 13.1 Å². The van der Waals surface area contributed by atoms with Gasteiger partial charge in [-0.2, -0.15) is 18.1 Å². The molecule has 132 valence electrons. The molecule has 2 heterocycles. The van der Waals surface area contributed by atoms with Crippen LogP contribution in [0.1, 0.15) is 11.6 Å². The normalized spacial score (nSPS) is 19.0. The number of aromatic nitrogens is 2. The first kappa shape index (κ1) is 16.9. The Labute approximate surface area is 141 Å². The quantitative estimate of drug-likeness (QED) is 0.575. The molecule has 0 radical (unpaired) electrons. The Kier molecular flexibility index (Phi) is 4.14. The molecule has 2 aromatic rings. The summed E-state index contributed by atoms with van der Waals surface area (Å²) in [4.78, 5) is 20.0. The monoisotopic (exact) mass is 368 g/mol. The predicted molar refractivity (Wildman–Crippen MR) is 85.7 cm³/mol. The number of amides is 1. The minimum atomic E-state index is -4.60. The van der Waals surface area contributed by atoms with Gasteiger partial charge in [-0.3, -0.25) is 4.79 Å². The number of hydrogen-bond donors (Lipinski definition) is 4. The van der Waals surface area contributed by atoms with Crippen LogP contribution in [0.25, 0.3) is 0 Å². The summed E-state index contributed by atoms with van der Waals surface area (Å²) in [5, 5.41) is 15.7. The molecule has 0 aliphatic carbocycles. The Morgan fingerprint density at radius 2 is 2.12 bits per heavy atom. The van der Waals surface area contributed by atoms with Crippen molar-refractivity contribution in [3.05, 3.63) is 36.0 Å². The maximum Gasteiger partial charge on any atom is 0.332 e. The van der Waals surface area contributed by atoms with E-state index in [2.05, 4.69) is 20.6 Å². The van der Waals surface area contributed by atoms with Gasteiger partial charge < -0.3 is 15.7 Å². The summed E-state index contributed by atoms with van der Waals surface area (Å²) in [5.41, 5.74) is -0.000659. The first-order valence-corrected chi connectivity index (χ1v) is 8.39. The van der Waals surface area contributed by atoms with Crippen molar-refractivity contribution >= 4 is 33.6 Å². The molecule has 12 heteroatoms. The molecule has 3 rings (SSSR count). The predicted octanol–water partition coefficient (Wildman–Crippen LogP) is 0.570. The van der Waals surface area contributed by atoms with E-state index in [1.165, 1.54) is 24.4 Å². The first-order valence-electron chi connectivity index (χ1n) is 6.95. The van der Waals surface area contributed by atoms with Gasteiger partial charge in [0.15, 0.2) is 0 Å². The van der Waals surface area contributed by atoms with Gasteiger partial charge in [0.1, 0.15) is 17.6 Å². The van der Waals surface area contributed by atoms with Crippen LogP contribution >= 0.6 is 0 Å². The highest BCUT2D eigenvalue weighted by molar-refractivity contribution is 7.88. The molecule has 1 aromatic heterocycles. The van der Waals surface area contributed by atoms with Gasteiger partial charge in [0.05, 0.1) is 0 Å². The van der Waals surface area contributed by atoms with E-state index < -0.39 is 32.4 Å². The Morgan fingerprint density at radius 1 is 1.36 bits per heavy atom. The Bertz CT molecular complexity index is 938. The van der Waals surface area contributed by atoms with Crippen molar-refractivity contribution in [2.45, 2.75) is 6.04 Å². The lowest BCUT2D eigenvalue weighted by molar-refractivity contribution is -0.135. The van der Waals surface area contributed by atoms with Gasteiger partial charge >= 0.3 is 10.2 Å². The van der Waals surface area contributed by atoms with Crippen molar-refractivity contribution in [3.63, 3.8) is 0 Å². The lowest BCUT2D eigenvalue weighted by Crippen LogP contribution is -2.24. The van der Waals surface area contributed by atoms with Crippen molar-refractivity contribution in [2.24, 2.45) is 0 Å². The molecule has 1 fully saturated rings. The molecule has 1 aromatic carbocycles. The van der Waals surface area contributed by atoms with Crippen LogP contribution in [0.2, 0.25) is 0 Å². The first-order chi connectivity index (χ1) is 11.8. The average Bonchev–Trinajstić information content (AvgIpc) is 2.78. The zero-order valence-corrected chi connectivity index (χ0v) is 13.6. The number of anilines is 3. The fraction of sp³-hybridized carbons (Fsp3) is 0.154. The minimum absolute atomic E-state index is 0.129. The van der Waals surface area contributed by atoms with E-state index in [-0.39, 0.29) is 17.2 Å². The van der Waals surface area contributed by atoms with Gasteiger partial charge in [-0.05, 0) is 18.2 Å². The van der Waals surface area contributed by atoms with E-state index >= 15 is 0 Å². The third kappa shape index (κ3) is 3.04. The molecule has 1 aliphatic rings. The van der Waals surface area contributed by atoms with Gasteiger partial charge in [-0.1, -0.05) is 15.1 Å². The molecule has 1 aliphatic heterocycles. The van der Waals surface area contributed by atoms with Crippen LogP contribution in [0.3, 0.4) is 0 Å². The molecule has 0 bridgehead atoms. The fourth-order valence-corrected chi connectivity index (χ4v) is 3.24. The largest absolute Gasteiger partial charge is 0.508 e. The van der Waals surface area contributed by atoms with Crippen LogP contribution in [0, 0.1) is 0 Å².